The summed E-state index contributed by atoms with van der Waals surface area (Å²) >= 11 is 0. The van der Waals surface area contributed by atoms with Gasteiger partial charge in [0.15, 0.2) is 0 Å². The second-order valence-electron chi connectivity index (χ2n) is 9.76. The summed E-state index contributed by atoms with van der Waals surface area (Å²) in [4.78, 5) is 74.1. The zero-order valence-corrected chi connectivity index (χ0v) is 22.6. The van der Waals surface area contributed by atoms with Gasteiger partial charge in [-0.25, -0.2) is 4.79 Å². The highest BCUT2D eigenvalue weighted by Crippen LogP contribution is 2.12. The van der Waals surface area contributed by atoms with Crippen molar-refractivity contribution < 1.29 is 28.8 Å². The summed E-state index contributed by atoms with van der Waals surface area (Å²) in [5.41, 5.74) is 6.70. The van der Waals surface area contributed by atoms with E-state index < -0.39 is 29.9 Å². The van der Waals surface area contributed by atoms with Gasteiger partial charge in [-0.1, -0.05) is 31.5 Å². The number of imide groups is 1. The lowest BCUT2D eigenvalue weighted by Crippen LogP contribution is -2.54. The number of unbranched alkanes of at least 4 members (excludes halogenated alkanes) is 1. The van der Waals surface area contributed by atoms with Crippen molar-refractivity contribution in [3.05, 3.63) is 42.0 Å². The highest BCUT2D eigenvalue weighted by molar-refractivity contribution is 6.12. The van der Waals surface area contributed by atoms with Crippen LogP contribution in [0.2, 0.25) is 0 Å². The smallest absolute Gasteiger partial charge is 0.312 e. The molecule has 1 aliphatic rings. The number of amides is 7. The monoisotopic (exact) mass is 542 g/mol. The molecule has 0 bridgehead atoms. The molecule has 0 saturated carbocycles. The van der Waals surface area contributed by atoms with Gasteiger partial charge < -0.3 is 27.0 Å². The molecule has 1 aliphatic heterocycles. The van der Waals surface area contributed by atoms with Crippen LogP contribution < -0.4 is 27.0 Å². The molecule has 0 radical (unpaired) electrons. The number of nitrogens with two attached hydrogens (primary N) is 1. The van der Waals surface area contributed by atoms with E-state index >= 15 is 0 Å². The first kappa shape index (κ1) is 31.0. The average Bonchev–Trinajstić information content (AvgIpc) is 3.19. The molecule has 12 nitrogen and oxygen atoms in total. The van der Waals surface area contributed by atoms with Crippen molar-refractivity contribution >= 4 is 41.3 Å². The molecule has 0 spiro atoms. The fourth-order valence-corrected chi connectivity index (χ4v) is 3.90. The van der Waals surface area contributed by atoms with Gasteiger partial charge in [0.1, 0.15) is 12.1 Å². The van der Waals surface area contributed by atoms with Crippen LogP contribution in [0.3, 0.4) is 0 Å². The zero-order valence-electron chi connectivity index (χ0n) is 22.6. The molecule has 7 amide bonds. The molecule has 39 heavy (non-hydrogen) atoms. The number of nitrogens with one attached hydrogen (secondary N) is 4. The van der Waals surface area contributed by atoms with Gasteiger partial charge in [-0.2, -0.15) is 0 Å². The van der Waals surface area contributed by atoms with Crippen molar-refractivity contribution in [3.8, 4) is 0 Å². The Balaban J connectivity index is 1.94. The minimum atomic E-state index is -0.921. The van der Waals surface area contributed by atoms with Crippen LogP contribution in [0.4, 0.5) is 10.5 Å². The molecule has 2 rings (SSSR count). The fourth-order valence-electron chi connectivity index (χ4n) is 3.90. The van der Waals surface area contributed by atoms with Gasteiger partial charge in [-0.15, -0.1) is 0 Å². The Morgan fingerprint density at radius 2 is 1.54 bits per heavy atom. The summed E-state index contributed by atoms with van der Waals surface area (Å²) in [6.45, 7) is 5.93. The van der Waals surface area contributed by atoms with Crippen molar-refractivity contribution in [3.63, 3.8) is 0 Å². The van der Waals surface area contributed by atoms with E-state index in [4.69, 9.17) is 5.73 Å². The number of urea groups is 1. The lowest BCUT2D eigenvalue weighted by atomic mass is 10.0. The lowest BCUT2D eigenvalue weighted by Gasteiger charge is -2.25. The number of carbonyl (C=O) groups excluding carboxylic acids is 6. The van der Waals surface area contributed by atoms with Gasteiger partial charge in [0, 0.05) is 37.3 Å². The first-order valence-corrected chi connectivity index (χ1v) is 13.0. The van der Waals surface area contributed by atoms with Crippen LogP contribution in [0.15, 0.2) is 36.4 Å². The van der Waals surface area contributed by atoms with E-state index in [0.29, 0.717) is 24.9 Å². The third kappa shape index (κ3) is 10.6. The Bertz CT molecular complexity index is 1070. The van der Waals surface area contributed by atoms with Crippen LogP contribution in [0.5, 0.6) is 0 Å². The van der Waals surface area contributed by atoms with Crippen LogP contribution in [-0.4, -0.2) is 65.6 Å². The maximum absolute atomic E-state index is 13.2. The summed E-state index contributed by atoms with van der Waals surface area (Å²) in [6, 6.07) is 4.72. The fraction of sp³-hybridized carbons (Fsp3) is 0.481. The number of hydrogen-bond donors (Lipinski definition) is 5. The molecule has 0 unspecified atom stereocenters. The van der Waals surface area contributed by atoms with E-state index in [0.717, 1.165) is 10.5 Å². The third-order valence-corrected chi connectivity index (χ3v) is 6.12. The van der Waals surface area contributed by atoms with E-state index in [-0.39, 0.29) is 49.6 Å². The highest BCUT2D eigenvalue weighted by Gasteiger charge is 2.29. The van der Waals surface area contributed by atoms with Crippen molar-refractivity contribution in [2.75, 3.05) is 18.4 Å². The number of hydrogen-bond acceptors (Lipinski definition) is 6. The van der Waals surface area contributed by atoms with Gasteiger partial charge in [0.2, 0.25) is 17.7 Å². The molecular weight excluding hydrogens is 504 g/mol. The summed E-state index contributed by atoms with van der Waals surface area (Å²) in [6.07, 6.45) is 4.01. The molecule has 212 valence electrons. The first-order valence-electron chi connectivity index (χ1n) is 13.0. The van der Waals surface area contributed by atoms with Crippen LogP contribution in [0.1, 0.15) is 51.5 Å². The predicted molar refractivity (Wildman–Crippen MR) is 145 cm³/mol. The minimum Gasteiger partial charge on any atom is -0.352 e. The number of anilines is 1. The summed E-state index contributed by atoms with van der Waals surface area (Å²) in [7, 11) is 0. The second-order valence-corrected chi connectivity index (χ2v) is 9.76. The molecule has 0 fully saturated rings. The molecule has 12 heteroatoms. The van der Waals surface area contributed by atoms with Crippen molar-refractivity contribution in [2.45, 2.75) is 65.0 Å². The van der Waals surface area contributed by atoms with Crippen LogP contribution in [-0.2, 0) is 24.0 Å². The molecule has 1 aromatic rings. The molecule has 0 aliphatic carbocycles. The number of benzene rings is 1. The summed E-state index contributed by atoms with van der Waals surface area (Å²) in [5, 5.41) is 10.7. The largest absolute Gasteiger partial charge is 0.352 e. The third-order valence-electron chi connectivity index (χ3n) is 6.12. The van der Waals surface area contributed by atoms with Crippen LogP contribution in [0.25, 0.3) is 0 Å². The van der Waals surface area contributed by atoms with Crippen molar-refractivity contribution in [2.24, 2.45) is 11.7 Å². The van der Waals surface area contributed by atoms with Crippen LogP contribution in [0, 0.1) is 12.8 Å². The van der Waals surface area contributed by atoms with Crippen molar-refractivity contribution in [1.82, 2.24) is 20.9 Å². The minimum absolute atomic E-state index is 0.107. The van der Waals surface area contributed by atoms with Gasteiger partial charge >= 0.3 is 6.03 Å². The van der Waals surface area contributed by atoms with E-state index in [1.54, 1.807) is 26.0 Å². The number of carbonyl (C=O) groups is 6. The number of rotatable bonds is 15. The van der Waals surface area contributed by atoms with E-state index in [9.17, 15) is 28.8 Å². The maximum Gasteiger partial charge on any atom is 0.312 e. The topological polar surface area (TPSA) is 180 Å². The lowest BCUT2D eigenvalue weighted by molar-refractivity contribution is -0.136. The summed E-state index contributed by atoms with van der Waals surface area (Å²) < 4.78 is 0. The normalized spacial score (nSPS) is 14.2. The standard InChI is InChI=1S/C27H38N6O6/c1-17(2)24(32-21(34)8-4-5-16-33-22(35)13-14-23(33)36)26(38)31-20(7-6-15-29-27(28)39)25(37)30-19-11-9-18(3)10-12-19/h9-14,17,20,24H,4-8,15-16H2,1-3H3,(H,30,37)(H,31,38)(H,32,34)(H3,28,29,39)/t20-,24-/m1/s1. The number of primary amides is 1. The maximum atomic E-state index is 13.2. The van der Waals surface area contributed by atoms with E-state index in [1.807, 2.05) is 19.1 Å². The molecule has 0 saturated heterocycles. The molecule has 2 atom stereocenters. The predicted octanol–water partition coefficient (Wildman–Crippen LogP) is 1.10. The average molecular weight is 543 g/mol. The Hall–Kier alpha value is -4.22. The van der Waals surface area contributed by atoms with E-state index in [1.165, 1.54) is 12.2 Å². The molecule has 6 N–H and O–H groups in total. The second kappa shape index (κ2) is 15.3. The van der Waals surface area contributed by atoms with Gasteiger partial charge in [-0.05, 0) is 50.7 Å². The SMILES string of the molecule is Cc1ccc(NC(=O)[C@@H](CCCNC(N)=O)NC(=O)[C@H](NC(=O)CCCCN2C(=O)C=CC2=O)C(C)C)cc1. The molecular formula is C27H38N6O6. The molecule has 0 aromatic heterocycles. The quantitative estimate of drug-likeness (QED) is 0.163. The summed E-state index contributed by atoms with van der Waals surface area (Å²) in [5.74, 6) is -2.30. The molecule has 1 aromatic carbocycles. The van der Waals surface area contributed by atoms with Gasteiger partial charge in [-0.3, -0.25) is 28.9 Å². The number of nitrogens with zero attached hydrogens (tertiary/aromatic N) is 1. The Kier molecular flexibility index (Phi) is 12.1. The Morgan fingerprint density at radius 1 is 0.897 bits per heavy atom. The highest BCUT2D eigenvalue weighted by atomic mass is 16.2. The van der Waals surface area contributed by atoms with Crippen molar-refractivity contribution in [1.29, 1.82) is 0 Å². The van der Waals surface area contributed by atoms with E-state index in [2.05, 4.69) is 21.3 Å². The zero-order chi connectivity index (χ0) is 28.9. The molecule has 1 heterocycles. The van der Waals surface area contributed by atoms with Crippen LogP contribution >= 0.6 is 0 Å². The van der Waals surface area contributed by atoms with Gasteiger partial charge in [0.25, 0.3) is 11.8 Å². The first-order chi connectivity index (χ1) is 18.5. The Morgan fingerprint density at radius 3 is 2.13 bits per heavy atom. The van der Waals surface area contributed by atoms with Gasteiger partial charge in [0.05, 0.1) is 0 Å². The number of aryl methyl sites for hydroxylation is 1. The Labute approximate surface area is 228 Å².